The van der Waals surface area contributed by atoms with Crippen molar-refractivity contribution in [3.63, 3.8) is 0 Å². The van der Waals surface area contributed by atoms with Gasteiger partial charge in [0, 0.05) is 12.1 Å². The third-order valence-electron chi connectivity index (χ3n) is 4.25. The maximum atomic E-state index is 11.7. The van der Waals surface area contributed by atoms with E-state index in [2.05, 4.69) is 43.4 Å². The van der Waals surface area contributed by atoms with Crippen LogP contribution in [0, 0.1) is 0 Å². The SMILES string of the molecule is CCCCc1ccc(C(C)NC2CCCS(=O)(=O)C2)cc1. The molecule has 1 aliphatic rings. The first-order chi connectivity index (χ1) is 10.00. The van der Waals surface area contributed by atoms with Crippen LogP contribution >= 0.6 is 0 Å². The summed E-state index contributed by atoms with van der Waals surface area (Å²) >= 11 is 0. The van der Waals surface area contributed by atoms with Crippen LogP contribution in [0.4, 0.5) is 0 Å². The molecule has 1 heterocycles. The Hall–Kier alpha value is -0.870. The molecule has 0 radical (unpaired) electrons. The van der Waals surface area contributed by atoms with Crippen molar-refractivity contribution in [2.75, 3.05) is 11.5 Å². The summed E-state index contributed by atoms with van der Waals surface area (Å²) in [5.41, 5.74) is 2.62. The summed E-state index contributed by atoms with van der Waals surface area (Å²) in [4.78, 5) is 0. The lowest BCUT2D eigenvalue weighted by molar-refractivity contribution is 0.437. The van der Waals surface area contributed by atoms with Crippen LogP contribution in [-0.2, 0) is 16.3 Å². The average molecular weight is 309 g/mol. The molecule has 4 heteroatoms. The number of nitrogens with one attached hydrogen (secondary N) is 1. The van der Waals surface area contributed by atoms with Gasteiger partial charge in [0.25, 0.3) is 0 Å². The van der Waals surface area contributed by atoms with Crippen LogP contribution in [0.25, 0.3) is 0 Å². The van der Waals surface area contributed by atoms with Gasteiger partial charge in [0.2, 0.25) is 0 Å². The molecular formula is C17H27NO2S. The summed E-state index contributed by atoms with van der Waals surface area (Å²) in [5, 5.41) is 3.47. The van der Waals surface area contributed by atoms with Crippen LogP contribution in [0.5, 0.6) is 0 Å². The highest BCUT2D eigenvalue weighted by molar-refractivity contribution is 7.91. The first-order valence-electron chi connectivity index (χ1n) is 8.05. The molecule has 1 saturated heterocycles. The first kappa shape index (κ1) is 16.5. The van der Waals surface area contributed by atoms with Gasteiger partial charge in [-0.15, -0.1) is 0 Å². The van der Waals surface area contributed by atoms with Crippen LogP contribution in [0.1, 0.15) is 56.7 Å². The van der Waals surface area contributed by atoms with E-state index in [0.29, 0.717) is 5.75 Å². The predicted molar refractivity (Wildman–Crippen MR) is 88.3 cm³/mol. The molecular weight excluding hydrogens is 282 g/mol. The zero-order valence-corrected chi connectivity index (χ0v) is 14.0. The third kappa shape index (κ3) is 5.11. The maximum Gasteiger partial charge on any atom is 0.151 e. The van der Waals surface area contributed by atoms with Gasteiger partial charge in [-0.3, -0.25) is 0 Å². The van der Waals surface area contributed by atoms with Gasteiger partial charge in [-0.1, -0.05) is 37.6 Å². The lowest BCUT2D eigenvalue weighted by atomic mass is 10.0. The molecule has 0 bridgehead atoms. The largest absolute Gasteiger partial charge is 0.306 e. The van der Waals surface area contributed by atoms with E-state index in [-0.39, 0.29) is 17.8 Å². The molecule has 0 amide bonds. The van der Waals surface area contributed by atoms with Gasteiger partial charge >= 0.3 is 0 Å². The van der Waals surface area contributed by atoms with Crippen LogP contribution in [0.2, 0.25) is 0 Å². The zero-order valence-electron chi connectivity index (χ0n) is 13.1. The predicted octanol–water partition coefficient (Wildman–Crippen LogP) is 3.26. The number of hydrogen-bond donors (Lipinski definition) is 1. The van der Waals surface area contributed by atoms with Crippen molar-refractivity contribution in [2.45, 2.75) is 58.0 Å². The third-order valence-corrected chi connectivity index (χ3v) is 6.07. The van der Waals surface area contributed by atoms with Crippen molar-refractivity contribution in [3.8, 4) is 0 Å². The van der Waals surface area contributed by atoms with Crippen LogP contribution < -0.4 is 5.32 Å². The van der Waals surface area contributed by atoms with Crippen LogP contribution in [-0.4, -0.2) is 26.0 Å². The minimum Gasteiger partial charge on any atom is -0.306 e. The van der Waals surface area contributed by atoms with Crippen molar-refractivity contribution in [1.82, 2.24) is 5.32 Å². The van der Waals surface area contributed by atoms with Gasteiger partial charge in [0.15, 0.2) is 9.84 Å². The standard InChI is InChI=1S/C17H27NO2S/c1-3-4-6-15-8-10-16(11-9-15)14(2)18-17-7-5-12-21(19,20)13-17/h8-11,14,17-18H,3-7,12-13H2,1-2H3. The minimum absolute atomic E-state index is 0.0958. The lowest BCUT2D eigenvalue weighted by Crippen LogP contribution is -2.41. The molecule has 3 nitrogen and oxygen atoms in total. The zero-order chi connectivity index (χ0) is 15.3. The number of aryl methyl sites for hydroxylation is 1. The number of benzene rings is 1. The quantitative estimate of drug-likeness (QED) is 0.877. The Bertz CT molecular complexity index is 536. The first-order valence-corrected chi connectivity index (χ1v) is 9.87. The van der Waals surface area contributed by atoms with E-state index in [1.165, 1.54) is 24.0 Å². The molecule has 2 atom stereocenters. The monoisotopic (exact) mass is 309 g/mol. The van der Waals surface area contributed by atoms with E-state index in [0.717, 1.165) is 19.3 Å². The Morgan fingerprint density at radius 3 is 2.62 bits per heavy atom. The molecule has 1 N–H and O–H groups in total. The van der Waals surface area contributed by atoms with Gasteiger partial charge in [-0.2, -0.15) is 0 Å². The molecule has 0 aliphatic carbocycles. The Morgan fingerprint density at radius 2 is 2.00 bits per heavy atom. The number of sulfone groups is 1. The second-order valence-corrected chi connectivity index (χ2v) is 8.42. The molecule has 21 heavy (non-hydrogen) atoms. The van der Waals surface area contributed by atoms with E-state index in [1.807, 2.05) is 0 Å². The normalized spacial score (nSPS) is 22.9. The van der Waals surface area contributed by atoms with Crippen molar-refractivity contribution >= 4 is 9.84 Å². The molecule has 2 rings (SSSR count). The molecule has 118 valence electrons. The van der Waals surface area contributed by atoms with Crippen LogP contribution in [0.3, 0.4) is 0 Å². The summed E-state index contributed by atoms with van der Waals surface area (Å²) in [5.74, 6) is 0.637. The van der Waals surface area contributed by atoms with E-state index < -0.39 is 9.84 Å². The topological polar surface area (TPSA) is 46.2 Å². The fourth-order valence-electron chi connectivity index (χ4n) is 2.96. The fourth-order valence-corrected chi connectivity index (χ4v) is 4.61. The summed E-state index contributed by atoms with van der Waals surface area (Å²) < 4.78 is 23.4. The van der Waals surface area contributed by atoms with Gasteiger partial charge in [0.05, 0.1) is 11.5 Å². The lowest BCUT2D eigenvalue weighted by Gasteiger charge is -2.27. The van der Waals surface area contributed by atoms with Crippen molar-refractivity contribution in [3.05, 3.63) is 35.4 Å². The van der Waals surface area contributed by atoms with Gasteiger partial charge < -0.3 is 5.32 Å². The van der Waals surface area contributed by atoms with Crippen LogP contribution in [0.15, 0.2) is 24.3 Å². The highest BCUT2D eigenvalue weighted by Crippen LogP contribution is 2.19. The van der Waals surface area contributed by atoms with E-state index >= 15 is 0 Å². The summed E-state index contributed by atoms with van der Waals surface area (Å²) in [6.45, 7) is 4.32. The molecule has 1 aromatic rings. The second kappa shape index (κ2) is 7.41. The Kier molecular flexibility index (Phi) is 5.82. The minimum atomic E-state index is -2.84. The molecule has 2 unspecified atom stereocenters. The number of rotatable bonds is 6. The maximum absolute atomic E-state index is 11.7. The van der Waals surface area contributed by atoms with Gasteiger partial charge in [0.1, 0.15) is 0 Å². The van der Waals surface area contributed by atoms with E-state index in [4.69, 9.17) is 0 Å². The van der Waals surface area contributed by atoms with Crippen molar-refractivity contribution in [2.24, 2.45) is 0 Å². The molecule has 1 fully saturated rings. The Labute approximate surface area is 129 Å². The molecule has 1 aliphatic heterocycles. The highest BCUT2D eigenvalue weighted by atomic mass is 32.2. The van der Waals surface area contributed by atoms with E-state index in [1.54, 1.807) is 0 Å². The average Bonchev–Trinajstić information content (AvgIpc) is 2.44. The second-order valence-electron chi connectivity index (χ2n) is 6.19. The van der Waals surface area contributed by atoms with Crippen molar-refractivity contribution in [1.29, 1.82) is 0 Å². The summed E-state index contributed by atoms with van der Waals surface area (Å²) in [7, 11) is -2.84. The Morgan fingerprint density at radius 1 is 1.29 bits per heavy atom. The number of hydrogen-bond acceptors (Lipinski definition) is 3. The summed E-state index contributed by atoms with van der Waals surface area (Å²) in [6.07, 6.45) is 5.32. The van der Waals surface area contributed by atoms with Gasteiger partial charge in [-0.25, -0.2) is 8.42 Å². The molecule has 0 saturated carbocycles. The fraction of sp³-hybridized carbons (Fsp3) is 0.647. The Balaban J connectivity index is 1.92. The smallest absolute Gasteiger partial charge is 0.151 e. The number of unbranched alkanes of at least 4 members (excludes halogenated alkanes) is 1. The molecule has 0 aromatic heterocycles. The van der Waals surface area contributed by atoms with E-state index in [9.17, 15) is 8.42 Å². The molecule has 1 aromatic carbocycles. The van der Waals surface area contributed by atoms with Gasteiger partial charge in [-0.05, 0) is 43.7 Å². The molecule has 0 spiro atoms. The van der Waals surface area contributed by atoms with Crippen molar-refractivity contribution < 1.29 is 8.42 Å². The highest BCUT2D eigenvalue weighted by Gasteiger charge is 2.25. The summed E-state index contributed by atoms with van der Waals surface area (Å²) in [6, 6.07) is 9.02.